The molecule has 0 amide bonds. The normalized spacial score (nSPS) is 54.8. The van der Waals surface area contributed by atoms with Gasteiger partial charge in [-0.15, -0.1) is 0 Å². The van der Waals surface area contributed by atoms with Gasteiger partial charge in [0.2, 0.25) is 0 Å². The summed E-state index contributed by atoms with van der Waals surface area (Å²) in [5, 5.41) is 23.2. The van der Waals surface area contributed by atoms with Gasteiger partial charge >= 0.3 is 0 Å². The van der Waals surface area contributed by atoms with Crippen molar-refractivity contribution in [2.24, 2.45) is 50.7 Å². The Morgan fingerprint density at radius 1 is 0.979 bits per heavy atom. The van der Waals surface area contributed by atoms with Crippen LogP contribution >= 0.6 is 0 Å². The largest absolute Gasteiger partial charge is 0.391 e. The summed E-state index contributed by atoms with van der Waals surface area (Å²) in [4.78, 5) is 2.54. The fraction of sp³-hybridized carbons (Fsp3) is 1.00. The van der Waals surface area contributed by atoms with Crippen molar-refractivity contribution in [1.82, 2.24) is 4.90 Å². The zero-order chi connectivity index (χ0) is 33.1. The maximum absolute atomic E-state index is 12.5. The summed E-state index contributed by atoms with van der Waals surface area (Å²) >= 11 is 0. The van der Waals surface area contributed by atoms with Gasteiger partial charge in [0.15, 0.2) is 6.29 Å². The maximum atomic E-state index is 12.5. The molecule has 6 unspecified atom stereocenters. The van der Waals surface area contributed by atoms with Crippen molar-refractivity contribution in [1.29, 1.82) is 0 Å². The van der Waals surface area contributed by atoms with Gasteiger partial charge in [-0.25, -0.2) is 0 Å². The Bertz CT molecular complexity index is 1180. The SMILES string of the molecule is CCO[C@H](C(C)O)C1C[C@@H](C)[C@H]2C(O1)[C@H](O)[C@@]1(C)C3CC[C@H]4C(C)(C)C(O[C@H]5CN(C6CCOC6)CCO5)CC[C@@]45C[C@@]35CC[C@]21C. The van der Waals surface area contributed by atoms with Gasteiger partial charge in [0.05, 0.1) is 43.7 Å². The van der Waals surface area contributed by atoms with Gasteiger partial charge in [-0.05, 0) is 117 Å². The first kappa shape index (κ1) is 33.8. The number of morpholine rings is 1. The molecule has 3 heterocycles. The number of rotatable bonds is 7. The second-order valence-corrected chi connectivity index (χ2v) is 18.7. The third-order valence-corrected chi connectivity index (χ3v) is 16.8. The summed E-state index contributed by atoms with van der Waals surface area (Å²) in [5.41, 5.74) is 0.602. The van der Waals surface area contributed by atoms with E-state index in [9.17, 15) is 10.2 Å². The Hall–Kier alpha value is -0.320. The summed E-state index contributed by atoms with van der Waals surface area (Å²) in [6, 6.07) is 0.506. The van der Waals surface area contributed by atoms with Crippen molar-refractivity contribution in [3.63, 3.8) is 0 Å². The van der Waals surface area contributed by atoms with Crippen LogP contribution in [0.3, 0.4) is 0 Å². The van der Waals surface area contributed by atoms with Crippen LogP contribution in [-0.4, -0.2) is 104 Å². The average molecular weight is 660 g/mol. The van der Waals surface area contributed by atoms with E-state index in [0.29, 0.717) is 47.2 Å². The van der Waals surface area contributed by atoms with Gasteiger partial charge in [0.1, 0.15) is 6.10 Å². The fourth-order valence-corrected chi connectivity index (χ4v) is 14.6. The van der Waals surface area contributed by atoms with E-state index in [2.05, 4.69) is 39.5 Å². The van der Waals surface area contributed by atoms with Crippen LogP contribution < -0.4 is 0 Å². The van der Waals surface area contributed by atoms with E-state index < -0.39 is 12.2 Å². The summed E-state index contributed by atoms with van der Waals surface area (Å²) in [6.45, 7) is 21.0. The molecule has 16 atom stereocenters. The lowest BCUT2D eigenvalue weighted by molar-refractivity contribution is -0.251. The van der Waals surface area contributed by atoms with Crippen LogP contribution in [-0.2, 0) is 23.7 Å². The Labute approximate surface area is 283 Å². The van der Waals surface area contributed by atoms with E-state index in [-0.39, 0.29) is 47.0 Å². The highest BCUT2D eigenvalue weighted by Crippen LogP contribution is 2.89. The van der Waals surface area contributed by atoms with Crippen molar-refractivity contribution in [3.8, 4) is 0 Å². The highest BCUT2D eigenvalue weighted by atomic mass is 16.7. The molecule has 3 saturated heterocycles. The lowest BCUT2D eigenvalue weighted by Crippen LogP contribution is -2.60. The molecule has 268 valence electrons. The highest BCUT2D eigenvalue weighted by Gasteiger charge is 2.84. The smallest absolute Gasteiger partial charge is 0.170 e. The first-order valence-electron chi connectivity index (χ1n) is 19.6. The minimum absolute atomic E-state index is 0.0321. The molecule has 8 heteroatoms. The second-order valence-electron chi connectivity index (χ2n) is 18.7. The molecule has 0 radical (unpaired) electrons. The van der Waals surface area contributed by atoms with Gasteiger partial charge in [-0.3, -0.25) is 4.90 Å². The molecule has 0 aromatic carbocycles. The van der Waals surface area contributed by atoms with Gasteiger partial charge in [-0.2, -0.15) is 0 Å². The minimum Gasteiger partial charge on any atom is -0.391 e. The van der Waals surface area contributed by atoms with Crippen LogP contribution in [0.15, 0.2) is 0 Å². The van der Waals surface area contributed by atoms with E-state index >= 15 is 0 Å². The Kier molecular flexibility index (Phi) is 8.34. The molecule has 8 nitrogen and oxygen atoms in total. The van der Waals surface area contributed by atoms with Crippen molar-refractivity contribution < 1.29 is 33.9 Å². The number of aliphatic hydroxyl groups excluding tert-OH is 2. The summed E-state index contributed by atoms with van der Waals surface area (Å²) in [7, 11) is 0. The third kappa shape index (κ3) is 4.60. The standard InChI is InChI=1S/C39H65NO7/c1-8-44-32(24(3)41)26-19-23(2)31-33(46-26)34(42)37(7)28-10-9-27-35(4,5)29(11-13-38(27)22-39(28,38)15-14-36(31,37)6)47-30-20-40(16-18-45-30)25-12-17-43-21-25/h23-34,41-42H,8-22H2,1-7H3/t23-,24?,25?,26?,27+,28?,29?,30+,31+,32-,33?,34+,36-,37-,38-,39+/m1/s1. The van der Waals surface area contributed by atoms with Crippen LogP contribution in [0, 0.1) is 50.7 Å². The molecule has 2 N–H and O–H groups in total. The van der Waals surface area contributed by atoms with Crippen LogP contribution in [0.2, 0.25) is 0 Å². The predicted molar refractivity (Wildman–Crippen MR) is 179 cm³/mol. The average Bonchev–Trinajstić information content (AvgIpc) is 3.29. The first-order chi connectivity index (χ1) is 22.3. The van der Waals surface area contributed by atoms with Crippen molar-refractivity contribution in [3.05, 3.63) is 0 Å². The van der Waals surface area contributed by atoms with E-state index in [1.54, 1.807) is 0 Å². The lowest BCUT2D eigenvalue weighted by atomic mass is 9.41. The first-order valence-corrected chi connectivity index (χ1v) is 19.6. The van der Waals surface area contributed by atoms with Crippen LogP contribution in [0.4, 0.5) is 0 Å². The van der Waals surface area contributed by atoms with Crippen molar-refractivity contribution in [2.45, 2.75) is 155 Å². The number of nitrogens with zero attached hydrogens (tertiary/aromatic N) is 1. The summed E-state index contributed by atoms with van der Waals surface area (Å²) < 4.78 is 31.8. The van der Waals surface area contributed by atoms with Crippen LogP contribution in [0.25, 0.3) is 0 Å². The molecule has 2 spiro atoms. The number of hydrogen-bond acceptors (Lipinski definition) is 8. The number of ether oxygens (including phenoxy) is 5. The molecule has 8 fully saturated rings. The summed E-state index contributed by atoms with van der Waals surface area (Å²) in [6.07, 6.45) is 8.74. The zero-order valence-electron chi connectivity index (χ0n) is 30.4. The molecule has 8 aliphatic rings. The Morgan fingerprint density at radius 3 is 2.47 bits per heavy atom. The molecule has 3 aliphatic heterocycles. The van der Waals surface area contributed by atoms with E-state index in [4.69, 9.17) is 23.7 Å². The summed E-state index contributed by atoms with van der Waals surface area (Å²) in [5.74, 6) is 1.88. The van der Waals surface area contributed by atoms with Crippen LogP contribution in [0.5, 0.6) is 0 Å². The molecular formula is C39H65NO7. The maximum Gasteiger partial charge on any atom is 0.170 e. The predicted octanol–water partition coefficient (Wildman–Crippen LogP) is 5.42. The molecular weight excluding hydrogens is 594 g/mol. The van der Waals surface area contributed by atoms with Crippen molar-refractivity contribution in [2.75, 3.05) is 39.5 Å². The number of hydrogen-bond donors (Lipinski definition) is 2. The van der Waals surface area contributed by atoms with Gasteiger partial charge < -0.3 is 33.9 Å². The number of aliphatic hydroxyl groups is 2. The monoisotopic (exact) mass is 659 g/mol. The molecule has 8 rings (SSSR count). The molecule has 5 saturated carbocycles. The molecule has 0 aromatic rings. The molecule has 47 heavy (non-hydrogen) atoms. The number of fused-ring (bicyclic) bond motifs is 4. The highest BCUT2D eigenvalue weighted by molar-refractivity contribution is 5.33. The van der Waals surface area contributed by atoms with E-state index in [0.717, 1.165) is 52.2 Å². The topological polar surface area (TPSA) is 89.9 Å². The zero-order valence-corrected chi connectivity index (χ0v) is 30.4. The third-order valence-electron chi connectivity index (χ3n) is 16.8. The quantitative estimate of drug-likeness (QED) is 0.375. The van der Waals surface area contributed by atoms with Crippen LogP contribution in [0.1, 0.15) is 106 Å². The second kappa shape index (κ2) is 11.6. The van der Waals surface area contributed by atoms with E-state index in [1.165, 1.54) is 38.5 Å². The Morgan fingerprint density at radius 2 is 1.74 bits per heavy atom. The lowest BCUT2D eigenvalue weighted by Gasteiger charge is -2.64. The van der Waals surface area contributed by atoms with Gasteiger partial charge in [0, 0.05) is 37.8 Å². The fourth-order valence-electron chi connectivity index (χ4n) is 14.6. The molecule has 0 bridgehead atoms. The molecule has 0 aromatic heterocycles. The van der Waals surface area contributed by atoms with E-state index in [1.807, 2.05) is 13.8 Å². The Balaban J connectivity index is 1.02. The molecule has 5 aliphatic carbocycles. The van der Waals surface area contributed by atoms with Gasteiger partial charge in [-0.1, -0.05) is 34.6 Å². The van der Waals surface area contributed by atoms with Gasteiger partial charge in [0.25, 0.3) is 0 Å². The minimum atomic E-state index is -0.603. The van der Waals surface area contributed by atoms with Crippen molar-refractivity contribution >= 4 is 0 Å².